The van der Waals surface area contributed by atoms with Gasteiger partial charge in [-0.15, -0.1) is 6.42 Å². The molecular weight excluding hydrogens is 422 g/mol. The fourth-order valence-electron chi connectivity index (χ4n) is 5.11. The maximum absolute atomic E-state index is 13.6. The molecule has 5 heteroatoms. The van der Waals surface area contributed by atoms with Crippen LogP contribution in [-0.2, 0) is 4.74 Å². The van der Waals surface area contributed by atoms with Crippen molar-refractivity contribution in [2.75, 3.05) is 26.3 Å². The fraction of sp³-hybridized carbons (Fsp3) is 0.379. The standard InChI is InChI=1S/C29H31N3O2/c1-5-21-6-8-22(9-7-21)23-10-12-32(13-11-23)29(33)26-15-25(18(2)14-19(26)3)27-20(4)30-28(31-27)24-16-34-17-24/h1,6-9,14-15,23-24H,10-13,16-17H2,2-4H3,(H,30,31). The molecule has 0 unspecified atom stereocenters. The zero-order valence-electron chi connectivity index (χ0n) is 20.1. The Kier molecular flexibility index (Phi) is 6.02. The summed E-state index contributed by atoms with van der Waals surface area (Å²) in [4.78, 5) is 23.9. The predicted molar refractivity (Wildman–Crippen MR) is 134 cm³/mol. The van der Waals surface area contributed by atoms with E-state index in [9.17, 15) is 4.79 Å². The molecule has 0 atom stereocenters. The van der Waals surface area contributed by atoms with Gasteiger partial charge in [0.25, 0.3) is 5.91 Å². The number of piperidine rings is 1. The van der Waals surface area contributed by atoms with Gasteiger partial charge in [-0.05, 0) is 74.4 Å². The first kappa shape index (κ1) is 22.4. The molecule has 34 heavy (non-hydrogen) atoms. The molecule has 2 aliphatic heterocycles. The highest BCUT2D eigenvalue weighted by atomic mass is 16.5. The van der Waals surface area contributed by atoms with Crippen LogP contribution in [0.3, 0.4) is 0 Å². The van der Waals surface area contributed by atoms with Crippen molar-refractivity contribution in [3.63, 3.8) is 0 Å². The van der Waals surface area contributed by atoms with Gasteiger partial charge in [-0.3, -0.25) is 4.79 Å². The molecule has 5 rings (SSSR count). The second kappa shape index (κ2) is 9.12. The summed E-state index contributed by atoms with van der Waals surface area (Å²) < 4.78 is 5.33. The van der Waals surface area contributed by atoms with E-state index in [1.165, 1.54) is 5.56 Å². The van der Waals surface area contributed by atoms with Gasteiger partial charge in [-0.2, -0.15) is 0 Å². The minimum atomic E-state index is 0.112. The summed E-state index contributed by atoms with van der Waals surface area (Å²) in [5.74, 6) is 4.56. The highest BCUT2D eigenvalue weighted by molar-refractivity contribution is 5.97. The van der Waals surface area contributed by atoms with Gasteiger partial charge in [0.05, 0.1) is 24.8 Å². The number of carbonyl (C=O) groups is 1. The molecule has 1 aromatic heterocycles. The number of rotatable bonds is 4. The highest BCUT2D eigenvalue weighted by Crippen LogP contribution is 2.33. The zero-order valence-corrected chi connectivity index (χ0v) is 20.1. The van der Waals surface area contributed by atoms with Crippen molar-refractivity contribution in [1.82, 2.24) is 14.9 Å². The molecule has 2 fully saturated rings. The van der Waals surface area contributed by atoms with E-state index in [0.717, 1.165) is 71.0 Å². The van der Waals surface area contributed by atoms with E-state index in [0.29, 0.717) is 25.0 Å². The van der Waals surface area contributed by atoms with Gasteiger partial charge in [0.1, 0.15) is 5.82 Å². The van der Waals surface area contributed by atoms with Crippen LogP contribution in [0.2, 0.25) is 0 Å². The number of aryl methyl sites for hydroxylation is 3. The molecule has 1 N–H and O–H groups in total. The number of benzene rings is 2. The van der Waals surface area contributed by atoms with Gasteiger partial charge >= 0.3 is 0 Å². The van der Waals surface area contributed by atoms with Gasteiger partial charge in [0.15, 0.2) is 0 Å². The van der Waals surface area contributed by atoms with Crippen LogP contribution in [-0.4, -0.2) is 47.1 Å². The Labute approximate surface area is 201 Å². The quantitative estimate of drug-likeness (QED) is 0.558. The number of imidazole rings is 1. The average molecular weight is 454 g/mol. The van der Waals surface area contributed by atoms with Crippen molar-refractivity contribution in [2.24, 2.45) is 0 Å². The minimum Gasteiger partial charge on any atom is -0.380 e. The van der Waals surface area contributed by atoms with Crippen LogP contribution in [0, 0.1) is 33.1 Å². The van der Waals surface area contributed by atoms with Crippen LogP contribution in [0.5, 0.6) is 0 Å². The van der Waals surface area contributed by atoms with Crippen molar-refractivity contribution < 1.29 is 9.53 Å². The Balaban J connectivity index is 1.34. The van der Waals surface area contributed by atoms with Gasteiger partial charge in [-0.25, -0.2) is 4.98 Å². The number of nitrogens with zero attached hydrogens (tertiary/aromatic N) is 2. The Morgan fingerprint density at radius 1 is 1.06 bits per heavy atom. The number of hydrogen-bond acceptors (Lipinski definition) is 3. The molecule has 5 nitrogen and oxygen atoms in total. The molecule has 0 saturated carbocycles. The molecule has 0 bridgehead atoms. The topological polar surface area (TPSA) is 58.2 Å². The Hall–Kier alpha value is -3.36. The van der Waals surface area contributed by atoms with Crippen molar-refractivity contribution in [3.05, 3.63) is 75.7 Å². The average Bonchev–Trinajstić information content (AvgIpc) is 3.18. The lowest BCUT2D eigenvalue weighted by Crippen LogP contribution is -2.38. The number of nitrogens with one attached hydrogen (secondary N) is 1. The molecule has 2 aliphatic rings. The third-order valence-electron chi connectivity index (χ3n) is 7.32. The van der Waals surface area contributed by atoms with Crippen LogP contribution in [0.15, 0.2) is 36.4 Å². The monoisotopic (exact) mass is 453 g/mol. The minimum absolute atomic E-state index is 0.112. The maximum atomic E-state index is 13.6. The summed E-state index contributed by atoms with van der Waals surface area (Å²) in [5, 5.41) is 0. The Bertz CT molecular complexity index is 1250. The molecule has 1 amide bonds. The summed E-state index contributed by atoms with van der Waals surface area (Å²) in [5.41, 5.74) is 8.12. The number of aromatic nitrogens is 2. The van der Waals surface area contributed by atoms with Gasteiger partial charge in [0.2, 0.25) is 0 Å². The smallest absolute Gasteiger partial charge is 0.254 e. The number of likely N-dealkylation sites (tertiary alicyclic amines) is 1. The summed E-state index contributed by atoms with van der Waals surface area (Å²) in [6.07, 6.45) is 7.41. The summed E-state index contributed by atoms with van der Waals surface area (Å²) in [6, 6.07) is 12.4. The van der Waals surface area contributed by atoms with E-state index in [2.05, 4.69) is 36.0 Å². The van der Waals surface area contributed by atoms with Gasteiger partial charge in [0, 0.05) is 35.5 Å². The van der Waals surface area contributed by atoms with E-state index in [1.807, 2.05) is 36.9 Å². The molecule has 174 valence electrons. The number of carbonyl (C=O) groups excluding carboxylic acids is 1. The Morgan fingerprint density at radius 3 is 2.38 bits per heavy atom. The van der Waals surface area contributed by atoms with Gasteiger partial charge in [-0.1, -0.05) is 24.1 Å². The molecule has 3 aromatic rings. The van der Waals surface area contributed by atoms with Crippen LogP contribution in [0.4, 0.5) is 0 Å². The predicted octanol–water partition coefficient (Wildman–Crippen LogP) is 5.12. The number of amides is 1. The molecule has 3 heterocycles. The second-order valence-electron chi connectivity index (χ2n) is 9.64. The molecule has 2 saturated heterocycles. The van der Waals surface area contributed by atoms with Gasteiger partial charge < -0.3 is 14.6 Å². The lowest BCUT2D eigenvalue weighted by Gasteiger charge is -2.33. The van der Waals surface area contributed by atoms with Crippen LogP contribution in [0.25, 0.3) is 11.3 Å². The molecule has 2 aromatic carbocycles. The second-order valence-corrected chi connectivity index (χ2v) is 9.64. The lowest BCUT2D eigenvalue weighted by atomic mass is 9.88. The van der Waals surface area contributed by atoms with E-state index in [-0.39, 0.29) is 5.91 Å². The third kappa shape index (κ3) is 4.15. The molecular formula is C29H31N3O2. The highest BCUT2D eigenvalue weighted by Gasteiger charge is 2.28. The zero-order chi connectivity index (χ0) is 23.8. The van der Waals surface area contributed by atoms with Crippen molar-refractivity contribution in [1.29, 1.82) is 0 Å². The van der Waals surface area contributed by atoms with E-state index in [4.69, 9.17) is 16.1 Å². The normalized spacial score (nSPS) is 16.8. The van der Waals surface area contributed by atoms with Crippen LogP contribution in [0.1, 0.15) is 68.8 Å². The van der Waals surface area contributed by atoms with E-state index in [1.54, 1.807) is 0 Å². The first-order valence-corrected chi connectivity index (χ1v) is 12.1. The van der Waals surface area contributed by atoms with E-state index < -0.39 is 0 Å². The summed E-state index contributed by atoms with van der Waals surface area (Å²) in [7, 11) is 0. The van der Waals surface area contributed by atoms with Crippen LogP contribution < -0.4 is 0 Å². The Morgan fingerprint density at radius 2 is 1.76 bits per heavy atom. The number of H-pyrrole nitrogens is 1. The molecule has 0 radical (unpaired) electrons. The number of ether oxygens (including phenoxy) is 1. The first-order valence-electron chi connectivity index (χ1n) is 12.1. The third-order valence-corrected chi connectivity index (χ3v) is 7.32. The summed E-state index contributed by atoms with van der Waals surface area (Å²) in [6.45, 7) is 9.12. The molecule has 0 spiro atoms. The maximum Gasteiger partial charge on any atom is 0.254 e. The van der Waals surface area contributed by atoms with Crippen molar-refractivity contribution in [2.45, 2.75) is 45.4 Å². The number of hydrogen-bond donors (Lipinski definition) is 1. The SMILES string of the molecule is C#Cc1ccc(C2CCN(C(=O)c3cc(-c4nc(C5COC5)[nH]c4C)c(C)cc3C)CC2)cc1. The molecule has 0 aliphatic carbocycles. The fourth-order valence-corrected chi connectivity index (χ4v) is 5.11. The number of aromatic amines is 1. The number of terminal acetylenes is 1. The largest absolute Gasteiger partial charge is 0.380 e. The van der Waals surface area contributed by atoms with E-state index >= 15 is 0 Å². The lowest BCUT2D eigenvalue weighted by molar-refractivity contribution is 0.00518. The first-order chi connectivity index (χ1) is 16.4. The van der Waals surface area contributed by atoms with Crippen molar-refractivity contribution >= 4 is 5.91 Å². The summed E-state index contributed by atoms with van der Waals surface area (Å²) >= 11 is 0. The van der Waals surface area contributed by atoms with Crippen LogP contribution >= 0.6 is 0 Å². The van der Waals surface area contributed by atoms with Crippen molar-refractivity contribution in [3.8, 4) is 23.6 Å².